The Kier molecular flexibility index (Phi) is 13.0. The van der Waals surface area contributed by atoms with Crippen LogP contribution in [0.25, 0.3) is 0 Å². The van der Waals surface area contributed by atoms with Crippen LogP contribution in [0.4, 0.5) is 0 Å². The number of rotatable bonds is 5. The highest BCUT2D eigenvalue weighted by Gasteiger charge is 1.92. The van der Waals surface area contributed by atoms with Crippen LogP contribution in [0.2, 0.25) is 0 Å². The molecule has 0 spiro atoms. The molecule has 4 nitrogen and oxygen atoms in total. The van der Waals surface area contributed by atoms with Crippen molar-refractivity contribution in [1.29, 1.82) is 0 Å². The first kappa shape index (κ1) is 14.9. The molecule has 80 valence electrons. The van der Waals surface area contributed by atoms with Crippen molar-refractivity contribution in [3.63, 3.8) is 0 Å². The summed E-state index contributed by atoms with van der Waals surface area (Å²) in [4.78, 5) is 9.87. The molecule has 0 bridgehead atoms. The minimum Gasteiger partial charge on any atom is -0.481 e. The molecule has 0 aromatic heterocycles. The summed E-state index contributed by atoms with van der Waals surface area (Å²) >= 11 is 0. The van der Waals surface area contributed by atoms with Gasteiger partial charge >= 0.3 is 5.97 Å². The van der Waals surface area contributed by atoms with Crippen LogP contribution in [-0.2, 0) is 9.53 Å². The van der Waals surface area contributed by atoms with Gasteiger partial charge in [-0.3, -0.25) is 4.79 Å². The number of carboxylic acids is 1. The fourth-order valence-electron chi connectivity index (χ4n) is 0.526. The van der Waals surface area contributed by atoms with E-state index < -0.39 is 5.97 Å². The Morgan fingerprint density at radius 2 is 2.00 bits per heavy atom. The maximum absolute atomic E-state index is 9.87. The van der Waals surface area contributed by atoms with Gasteiger partial charge in [0, 0.05) is 13.5 Å². The van der Waals surface area contributed by atoms with Crippen molar-refractivity contribution in [3.8, 4) is 0 Å². The maximum atomic E-state index is 9.87. The molecule has 0 aliphatic carbocycles. The van der Waals surface area contributed by atoms with Crippen molar-refractivity contribution >= 4 is 5.97 Å². The van der Waals surface area contributed by atoms with Gasteiger partial charge < -0.3 is 15.6 Å². The molecule has 0 amide bonds. The average Bonchev–Trinajstić information content (AvgIpc) is 2.05. The first-order chi connectivity index (χ1) is 6.04. The Morgan fingerprint density at radius 3 is 2.23 bits per heavy atom. The van der Waals surface area contributed by atoms with Gasteiger partial charge in [0.05, 0.1) is 0 Å². The minimum absolute atomic E-state index is 0.116. The molecule has 0 saturated heterocycles. The van der Waals surface area contributed by atoms with Crippen LogP contribution in [0.3, 0.4) is 0 Å². The van der Waals surface area contributed by atoms with E-state index in [0.29, 0.717) is 6.42 Å². The van der Waals surface area contributed by atoms with E-state index in [0.717, 1.165) is 19.3 Å². The number of hydrogen-bond donors (Lipinski definition) is 2. The van der Waals surface area contributed by atoms with Gasteiger partial charge in [-0.25, -0.2) is 0 Å². The SMILES string of the molecule is CCCCCC(=O)O.COC(C)N. The minimum atomic E-state index is -0.682. The lowest BCUT2D eigenvalue weighted by molar-refractivity contribution is -0.137. The molecule has 4 heteroatoms. The van der Waals surface area contributed by atoms with Gasteiger partial charge in [-0.1, -0.05) is 19.8 Å². The molecule has 1 unspecified atom stereocenters. The Balaban J connectivity index is 0. The van der Waals surface area contributed by atoms with E-state index in [1.165, 1.54) is 0 Å². The van der Waals surface area contributed by atoms with Crippen LogP contribution in [0.15, 0.2) is 0 Å². The summed E-state index contributed by atoms with van der Waals surface area (Å²) in [7, 11) is 1.57. The number of unbranched alkanes of at least 4 members (excludes halogenated alkanes) is 2. The predicted octanol–water partition coefficient (Wildman–Crippen LogP) is 1.59. The van der Waals surface area contributed by atoms with Gasteiger partial charge in [0.1, 0.15) is 6.23 Å². The highest BCUT2D eigenvalue weighted by atomic mass is 16.5. The van der Waals surface area contributed by atoms with E-state index in [-0.39, 0.29) is 6.23 Å². The third-order valence-corrected chi connectivity index (χ3v) is 1.37. The van der Waals surface area contributed by atoms with Crippen molar-refractivity contribution in [2.24, 2.45) is 5.73 Å². The van der Waals surface area contributed by atoms with E-state index in [1.54, 1.807) is 14.0 Å². The fraction of sp³-hybridized carbons (Fsp3) is 0.889. The average molecular weight is 191 g/mol. The summed E-state index contributed by atoms with van der Waals surface area (Å²) < 4.78 is 4.53. The molecule has 0 saturated carbocycles. The Hall–Kier alpha value is -0.610. The molecule has 0 aliphatic heterocycles. The molecule has 1 atom stereocenters. The smallest absolute Gasteiger partial charge is 0.303 e. The lowest BCUT2D eigenvalue weighted by Gasteiger charge is -1.95. The monoisotopic (exact) mass is 191 g/mol. The number of methoxy groups -OCH3 is 1. The van der Waals surface area contributed by atoms with Crippen LogP contribution in [0, 0.1) is 0 Å². The summed E-state index contributed by atoms with van der Waals surface area (Å²) in [6.45, 7) is 3.84. The van der Waals surface area contributed by atoms with Crippen LogP contribution < -0.4 is 5.73 Å². The largest absolute Gasteiger partial charge is 0.481 e. The fourth-order valence-corrected chi connectivity index (χ4v) is 0.526. The molecule has 0 aromatic carbocycles. The third-order valence-electron chi connectivity index (χ3n) is 1.37. The topological polar surface area (TPSA) is 72.5 Å². The van der Waals surface area contributed by atoms with Gasteiger partial charge in [-0.15, -0.1) is 0 Å². The molecule has 13 heavy (non-hydrogen) atoms. The number of hydrogen-bond acceptors (Lipinski definition) is 3. The number of aliphatic carboxylic acids is 1. The first-order valence-corrected chi connectivity index (χ1v) is 4.54. The second kappa shape index (κ2) is 11.4. The summed E-state index contributed by atoms with van der Waals surface area (Å²) in [5, 5.41) is 8.14. The lowest BCUT2D eigenvalue weighted by Crippen LogP contribution is -2.15. The van der Waals surface area contributed by atoms with Crippen molar-refractivity contribution in [2.45, 2.75) is 45.8 Å². The molecule has 0 aromatic rings. The zero-order valence-corrected chi connectivity index (χ0v) is 8.75. The van der Waals surface area contributed by atoms with E-state index >= 15 is 0 Å². The zero-order chi connectivity index (χ0) is 10.7. The van der Waals surface area contributed by atoms with E-state index in [1.807, 2.05) is 0 Å². The molecule has 0 aliphatic rings. The standard InChI is InChI=1S/C6H12O2.C3H9NO/c1-2-3-4-5-6(7)8;1-3(4)5-2/h2-5H2,1H3,(H,7,8);3H,4H2,1-2H3. The molecule has 0 radical (unpaired) electrons. The normalized spacial score (nSPS) is 11.4. The van der Waals surface area contributed by atoms with E-state index in [4.69, 9.17) is 10.8 Å². The van der Waals surface area contributed by atoms with Gasteiger partial charge in [0.15, 0.2) is 0 Å². The zero-order valence-electron chi connectivity index (χ0n) is 8.75. The molecular weight excluding hydrogens is 170 g/mol. The van der Waals surface area contributed by atoms with Crippen LogP contribution in [0.5, 0.6) is 0 Å². The van der Waals surface area contributed by atoms with Crippen LogP contribution >= 0.6 is 0 Å². The van der Waals surface area contributed by atoms with Crippen LogP contribution in [0.1, 0.15) is 39.5 Å². The second-order valence-corrected chi connectivity index (χ2v) is 2.79. The van der Waals surface area contributed by atoms with Crippen molar-refractivity contribution < 1.29 is 14.6 Å². The summed E-state index contributed by atoms with van der Waals surface area (Å²) in [5.74, 6) is -0.682. The Labute approximate surface area is 80.1 Å². The second-order valence-electron chi connectivity index (χ2n) is 2.79. The maximum Gasteiger partial charge on any atom is 0.303 e. The Morgan fingerprint density at radius 1 is 1.54 bits per heavy atom. The highest BCUT2D eigenvalue weighted by molar-refractivity contribution is 5.66. The van der Waals surface area contributed by atoms with E-state index in [2.05, 4.69) is 11.7 Å². The number of carboxylic acid groups (broad SMARTS) is 1. The lowest BCUT2D eigenvalue weighted by atomic mass is 10.2. The predicted molar refractivity (Wildman–Crippen MR) is 52.4 cm³/mol. The van der Waals surface area contributed by atoms with Crippen molar-refractivity contribution in [2.75, 3.05) is 7.11 Å². The number of nitrogens with two attached hydrogens (primary N) is 1. The number of carbonyl (C=O) groups is 1. The summed E-state index contributed by atoms with van der Waals surface area (Å²) in [6, 6.07) is 0. The van der Waals surface area contributed by atoms with Crippen molar-refractivity contribution in [1.82, 2.24) is 0 Å². The summed E-state index contributed by atoms with van der Waals surface area (Å²) in [5.41, 5.74) is 5.07. The molecular formula is C9H21NO3. The quantitative estimate of drug-likeness (QED) is 0.511. The summed E-state index contributed by atoms with van der Waals surface area (Å²) in [6.07, 6.45) is 3.16. The third kappa shape index (κ3) is 24.6. The molecule has 0 fully saturated rings. The van der Waals surface area contributed by atoms with Crippen LogP contribution in [-0.4, -0.2) is 24.4 Å². The van der Waals surface area contributed by atoms with Gasteiger partial charge in [0.25, 0.3) is 0 Å². The molecule has 3 N–H and O–H groups in total. The van der Waals surface area contributed by atoms with Gasteiger partial charge in [0.2, 0.25) is 0 Å². The first-order valence-electron chi connectivity index (χ1n) is 4.54. The molecule has 0 rings (SSSR count). The highest BCUT2D eigenvalue weighted by Crippen LogP contribution is 1.97. The Bertz CT molecular complexity index is 115. The van der Waals surface area contributed by atoms with Crippen molar-refractivity contribution in [3.05, 3.63) is 0 Å². The van der Waals surface area contributed by atoms with E-state index in [9.17, 15) is 4.79 Å². The molecule has 0 heterocycles. The van der Waals surface area contributed by atoms with Gasteiger partial charge in [-0.05, 0) is 13.3 Å². The van der Waals surface area contributed by atoms with Gasteiger partial charge in [-0.2, -0.15) is 0 Å². The number of ether oxygens (including phenoxy) is 1.